The van der Waals surface area contributed by atoms with Gasteiger partial charge in [0.25, 0.3) is 0 Å². The predicted octanol–water partition coefficient (Wildman–Crippen LogP) is 4.19. The number of aromatic nitrogens is 2. The van der Waals surface area contributed by atoms with Gasteiger partial charge in [0.15, 0.2) is 11.2 Å². The molecule has 5 rings (SSSR count). The van der Waals surface area contributed by atoms with Gasteiger partial charge >= 0.3 is 0 Å². The second kappa shape index (κ2) is 8.79. The number of anilines is 2. The third kappa shape index (κ3) is 4.10. The van der Waals surface area contributed by atoms with E-state index in [-0.39, 0.29) is 0 Å². The molecule has 6 nitrogen and oxygen atoms in total. The van der Waals surface area contributed by atoms with Gasteiger partial charge in [0, 0.05) is 43.3 Å². The number of nitrogens with one attached hydrogen (secondary N) is 1. The van der Waals surface area contributed by atoms with Crippen molar-refractivity contribution in [2.24, 2.45) is 0 Å². The predicted molar refractivity (Wildman–Crippen MR) is 122 cm³/mol. The van der Waals surface area contributed by atoms with E-state index in [1.54, 1.807) is 0 Å². The lowest BCUT2D eigenvalue weighted by Crippen LogP contribution is -2.41. The number of pyridine rings is 2. The van der Waals surface area contributed by atoms with Gasteiger partial charge in [-0.25, -0.2) is 17.8 Å². The molecular weight excluding hydrogens is 394 g/mol. The third-order valence-corrected chi connectivity index (χ3v) is 7.53. The zero-order valence-corrected chi connectivity index (χ0v) is 17.9. The summed E-state index contributed by atoms with van der Waals surface area (Å²) in [5, 5.41) is 4.56. The Hall–Kier alpha value is -2.35. The van der Waals surface area contributed by atoms with Gasteiger partial charge in [-0.2, -0.15) is 0 Å². The topological polar surface area (TPSA) is 61.4 Å². The van der Waals surface area contributed by atoms with E-state index < -0.39 is 11.2 Å². The summed E-state index contributed by atoms with van der Waals surface area (Å²) in [4.78, 5) is 9.14. The van der Waals surface area contributed by atoms with Crippen molar-refractivity contribution in [3.8, 4) is 0 Å². The van der Waals surface area contributed by atoms with E-state index in [1.807, 2.05) is 30.6 Å². The molecule has 0 bridgehead atoms. The van der Waals surface area contributed by atoms with Crippen molar-refractivity contribution in [3.63, 3.8) is 0 Å². The number of hydrogen-bond donors (Lipinski definition) is 1. The summed E-state index contributed by atoms with van der Waals surface area (Å²) in [6.45, 7) is 3.36. The maximum Gasteiger partial charge on any atom is 0.173 e. The van der Waals surface area contributed by atoms with Crippen LogP contribution in [0.25, 0.3) is 10.9 Å². The molecule has 156 valence electrons. The average molecular weight is 422 g/mol. The number of hydrogen-bond acceptors (Lipinski definition) is 4. The van der Waals surface area contributed by atoms with Crippen molar-refractivity contribution >= 4 is 33.6 Å². The molecule has 1 N–H and O–H groups in total. The van der Waals surface area contributed by atoms with Gasteiger partial charge in [-0.3, -0.25) is 4.98 Å². The van der Waals surface area contributed by atoms with Gasteiger partial charge in [-0.1, -0.05) is 31.0 Å². The van der Waals surface area contributed by atoms with Crippen LogP contribution >= 0.6 is 0 Å². The second-order valence-electron chi connectivity index (χ2n) is 8.03. The SMILES string of the molecule is O=S(N1CCCCCC1)N1CCc2c(ccnc2Nc2cnc3ccccc3c2)C1. The zero-order chi connectivity index (χ0) is 20.3. The molecular formula is C23H27N5OS. The van der Waals surface area contributed by atoms with Crippen LogP contribution in [0.1, 0.15) is 36.8 Å². The Labute approximate surface area is 180 Å². The first kappa shape index (κ1) is 19.6. The van der Waals surface area contributed by atoms with Gasteiger partial charge in [0.1, 0.15) is 5.82 Å². The molecule has 1 aromatic carbocycles. The lowest BCUT2D eigenvalue weighted by atomic mass is 10.0. The molecule has 4 heterocycles. The van der Waals surface area contributed by atoms with Crippen LogP contribution in [0, 0.1) is 0 Å². The molecule has 0 radical (unpaired) electrons. The van der Waals surface area contributed by atoms with Crippen LogP contribution in [0.3, 0.4) is 0 Å². The van der Waals surface area contributed by atoms with Crippen LogP contribution in [0.5, 0.6) is 0 Å². The molecule has 1 fully saturated rings. The smallest absolute Gasteiger partial charge is 0.173 e. The zero-order valence-electron chi connectivity index (χ0n) is 17.1. The van der Waals surface area contributed by atoms with Gasteiger partial charge in [0.05, 0.1) is 17.4 Å². The van der Waals surface area contributed by atoms with Crippen molar-refractivity contribution in [3.05, 3.63) is 59.9 Å². The molecule has 0 amide bonds. The first-order chi connectivity index (χ1) is 14.8. The van der Waals surface area contributed by atoms with E-state index in [4.69, 9.17) is 0 Å². The maximum atomic E-state index is 13.1. The van der Waals surface area contributed by atoms with Gasteiger partial charge in [-0.15, -0.1) is 0 Å². The highest BCUT2D eigenvalue weighted by atomic mass is 32.2. The van der Waals surface area contributed by atoms with Crippen LogP contribution in [-0.4, -0.2) is 42.4 Å². The molecule has 0 spiro atoms. The van der Waals surface area contributed by atoms with Crippen LogP contribution in [0.15, 0.2) is 48.8 Å². The fourth-order valence-corrected chi connectivity index (χ4v) is 5.74. The number of nitrogens with zero attached hydrogens (tertiary/aromatic N) is 4. The van der Waals surface area contributed by atoms with Crippen molar-refractivity contribution in [2.45, 2.75) is 38.6 Å². The molecule has 1 saturated heterocycles. The Morgan fingerprint density at radius 2 is 1.77 bits per heavy atom. The number of para-hydroxylation sites is 1. The minimum absolute atomic E-state index is 0.700. The fourth-order valence-electron chi connectivity index (χ4n) is 4.34. The normalized spacial score (nSPS) is 19.2. The molecule has 0 aliphatic carbocycles. The minimum atomic E-state index is -1.06. The number of fused-ring (bicyclic) bond motifs is 2. The van der Waals surface area contributed by atoms with E-state index in [1.165, 1.54) is 24.0 Å². The summed E-state index contributed by atoms with van der Waals surface area (Å²) in [5.41, 5.74) is 4.34. The van der Waals surface area contributed by atoms with Gasteiger partial charge < -0.3 is 5.32 Å². The second-order valence-corrected chi connectivity index (χ2v) is 9.52. The highest BCUT2D eigenvalue weighted by Gasteiger charge is 2.27. The first-order valence-corrected chi connectivity index (χ1v) is 11.8. The van der Waals surface area contributed by atoms with E-state index in [9.17, 15) is 4.21 Å². The fraction of sp³-hybridized carbons (Fsp3) is 0.391. The monoisotopic (exact) mass is 421 g/mol. The number of rotatable bonds is 4. The van der Waals surface area contributed by atoms with Gasteiger partial charge in [0.2, 0.25) is 0 Å². The summed E-state index contributed by atoms with van der Waals surface area (Å²) >= 11 is -1.06. The summed E-state index contributed by atoms with van der Waals surface area (Å²) in [6.07, 6.45) is 9.33. The maximum absolute atomic E-state index is 13.1. The standard InChI is InChI=1S/C23H27N5OS/c29-30(27-12-5-1-2-6-13-27)28-14-10-21-19(17-28)9-11-24-23(21)26-20-15-18-7-3-4-8-22(18)25-16-20/h3-4,7-9,11,15-16H,1-2,5-6,10,12-14,17H2,(H,24,26). The summed E-state index contributed by atoms with van der Waals surface area (Å²) < 4.78 is 17.4. The molecule has 2 aromatic heterocycles. The Kier molecular flexibility index (Phi) is 5.75. The molecule has 30 heavy (non-hydrogen) atoms. The highest BCUT2D eigenvalue weighted by Crippen LogP contribution is 2.29. The van der Waals surface area contributed by atoms with Crippen molar-refractivity contribution in [2.75, 3.05) is 25.0 Å². The molecule has 1 unspecified atom stereocenters. The average Bonchev–Trinajstić information content (AvgIpc) is 3.08. The molecule has 3 aromatic rings. The summed E-state index contributed by atoms with van der Waals surface area (Å²) in [7, 11) is 0. The molecule has 2 aliphatic heterocycles. The Bertz CT molecular complexity index is 1060. The number of benzene rings is 1. The van der Waals surface area contributed by atoms with Crippen molar-refractivity contribution in [1.82, 2.24) is 18.6 Å². The minimum Gasteiger partial charge on any atom is -0.339 e. The van der Waals surface area contributed by atoms with Crippen LogP contribution in [-0.2, 0) is 24.1 Å². The highest BCUT2D eigenvalue weighted by molar-refractivity contribution is 7.80. The Morgan fingerprint density at radius 1 is 0.933 bits per heavy atom. The summed E-state index contributed by atoms with van der Waals surface area (Å²) in [6, 6.07) is 12.3. The Balaban J connectivity index is 1.34. The quantitative estimate of drug-likeness (QED) is 0.686. The lowest BCUT2D eigenvalue weighted by Gasteiger charge is -2.32. The Morgan fingerprint density at radius 3 is 2.63 bits per heavy atom. The molecule has 0 saturated carbocycles. The van der Waals surface area contributed by atoms with Crippen LogP contribution in [0.4, 0.5) is 11.5 Å². The first-order valence-electron chi connectivity index (χ1n) is 10.8. The van der Waals surface area contributed by atoms with E-state index >= 15 is 0 Å². The summed E-state index contributed by atoms with van der Waals surface area (Å²) in [5.74, 6) is 0.879. The largest absolute Gasteiger partial charge is 0.339 e. The van der Waals surface area contributed by atoms with E-state index in [0.717, 1.165) is 61.3 Å². The molecule has 1 atom stereocenters. The van der Waals surface area contributed by atoms with Crippen LogP contribution < -0.4 is 5.32 Å². The van der Waals surface area contributed by atoms with E-state index in [2.05, 4.69) is 42.1 Å². The molecule has 2 aliphatic rings. The van der Waals surface area contributed by atoms with E-state index in [0.29, 0.717) is 6.54 Å². The van der Waals surface area contributed by atoms with Crippen molar-refractivity contribution < 1.29 is 4.21 Å². The lowest BCUT2D eigenvalue weighted by molar-refractivity contribution is 0.365. The molecule has 7 heteroatoms. The van der Waals surface area contributed by atoms with Crippen LogP contribution in [0.2, 0.25) is 0 Å². The third-order valence-electron chi connectivity index (χ3n) is 5.97. The van der Waals surface area contributed by atoms with Gasteiger partial charge in [-0.05, 0) is 43.0 Å². The van der Waals surface area contributed by atoms with Crippen molar-refractivity contribution in [1.29, 1.82) is 0 Å².